The lowest BCUT2D eigenvalue weighted by molar-refractivity contribution is -0.120. The van der Waals surface area contributed by atoms with Gasteiger partial charge in [-0.25, -0.2) is 0 Å². The van der Waals surface area contributed by atoms with Gasteiger partial charge in [-0.15, -0.1) is 0 Å². The molecule has 0 fully saturated rings. The molecule has 0 unspecified atom stereocenters. The number of nitrogens with zero attached hydrogens (tertiary/aromatic N) is 1. The zero-order chi connectivity index (χ0) is 19.7. The number of hydrogen-bond acceptors (Lipinski definition) is 4. The maximum absolute atomic E-state index is 12.3. The van der Waals surface area contributed by atoms with Crippen LogP contribution in [-0.4, -0.2) is 30.5 Å². The summed E-state index contributed by atoms with van der Waals surface area (Å²) in [6.45, 7) is -0.0846. The molecule has 28 heavy (non-hydrogen) atoms. The highest BCUT2D eigenvalue weighted by Gasteiger charge is 2.24. The van der Waals surface area contributed by atoms with Crippen LogP contribution in [0.2, 0.25) is 0 Å². The molecule has 7 heteroatoms. The average molecular weight is 375 g/mol. The molecular formula is C21H17N3O4. The van der Waals surface area contributed by atoms with Crippen LogP contribution in [-0.2, 0) is 9.59 Å². The number of ether oxygens (including phenoxy) is 1. The Morgan fingerprint density at radius 2 is 2.00 bits per heavy atom. The molecule has 2 aromatic carbocycles. The van der Waals surface area contributed by atoms with E-state index in [0.717, 1.165) is 10.9 Å². The molecule has 7 nitrogen and oxygen atoms in total. The first-order chi connectivity index (χ1) is 13.5. The summed E-state index contributed by atoms with van der Waals surface area (Å²) in [5, 5.41) is 3.61. The van der Waals surface area contributed by atoms with Crippen molar-refractivity contribution >= 4 is 40.2 Å². The van der Waals surface area contributed by atoms with E-state index in [1.807, 2.05) is 24.3 Å². The molecule has 0 radical (unpaired) electrons. The van der Waals surface area contributed by atoms with E-state index < -0.39 is 5.91 Å². The smallest absolute Gasteiger partial charge is 0.264 e. The second-order valence-electron chi connectivity index (χ2n) is 6.36. The summed E-state index contributed by atoms with van der Waals surface area (Å²) in [6, 6.07) is 14.3. The molecule has 0 saturated carbocycles. The van der Waals surface area contributed by atoms with Crippen LogP contribution < -0.4 is 20.5 Å². The van der Waals surface area contributed by atoms with Gasteiger partial charge in [0.1, 0.15) is 0 Å². The van der Waals surface area contributed by atoms with E-state index in [4.69, 9.17) is 4.74 Å². The Morgan fingerprint density at radius 3 is 2.86 bits per heavy atom. The Hall–Kier alpha value is -3.87. The van der Waals surface area contributed by atoms with Crippen molar-refractivity contribution in [3.8, 4) is 5.75 Å². The average Bonchev–Trinajstić information content (AvgIpc) is 2.69. The molecular weight excluding hydrogens is 358 g/mol. The van der Waals surface area contributed by atoms with Crippen LogP contribution in [0.25, 0.3) is 17.0 Å². The van der Waals surface area contributed by atoms with Gasteiger partial charge in [-0.3, -0.25) is 14.4 Å². The van der Waals surface area contributed by atoms with E-state index in [9.17, 15) is 14.4 Å². The monoisotopic (exact) mass is 375 g/mol. The van der Waals surface area contributed by atoms with Gasteiger partial charge >= 0.3 is 0 Å². The fourth-order valence-corrected chi connectivity index (χ4v) is 3.03. The van der Waals surface area contributed by atoms with Crippen LogP contribution in [0.15, 0.2) is 59.4 Å². The van der Waals surface area contributed by atoms with Crippen molar-refractivity contribution in [2.45, 2.75) is 0 Å². The van der Waals surface area contributed by atoms with Crippen molar-refractivity contribution in [1.29, 1.82) is 0 Å². The van der Waals surface area contributed by atoms with Gasteiger partial charge in [0.15, 0.2) is 12.4 Å². The van der Waals surface area contributed by atoms with Crippen molar-refractivity contribution in [3.05, 3.63) is 70.5 Å². The second kappa shape index (κ2) is 7.03. The molecule has 2 amide bonds. The van der Waals surface area contributed by atoms with Gasteiger partial charge in [0, 0.05) is 24.2 Å². The predicted octanol–water partition coefficient (Wildman–Crippen LogP) is 2.54. The molecule has 2 heterocycles. The van der Waals surface area contributed by atoms with Crippen molar-refractivity contribution < 1.29 is 14.3 Å². The van der Waals surface area contributed by atoms with Gasteiger partial charge < -0.3 is 19.9 Å². The topological polar surface area (TPSA) is 91.5 Å². The number of fused-ring (bicyclic) bond motifs is 2. The molecule has 4 rings (SSSR count). The molecule has 1 aromatic heterocycles. The fraction of sp³-hybridized carbons (Fsp3) is 0.0952. The number of H-pyrrole nitrogens is 1. The standard InChI is InChI=1S/C21H17N3O4/c1-24-17-8-4-7-16(20(17)28-12-19(24)26)22-18(25)10-9-14-11-13-5-2-3-6-15(13)23-21(14)27/h2-11H,12H2,1H3,(H,22,25)(H,23,27)/b10-9+. The van der Waals surface area contributed by atoms with E-state index >= 15 is 0 Å². The van der Waals surface area contributed by atoms with Crippen LogP contribution in [0.4, 0.5) is 11.4 Å². The van der Waals surface area contributed by atoms with Crippen molar-refractivity contribution in [1.82, 2.24) is 4.98 Å². The summed E-state index contributed by atoms with van der Waals surface area (Å²) in [4.78, 5) is 40.5. The summed E-state index contributed by atoms with van der Waals surface area (Å²) >= 11 is 0. The number of benzene rings is 2. The maximum atomic E-state index is 12.3. The first kappa shape index (κ1) is 17.5. The Bertz CT molecular complexity index is 1180. The Kier molecular flexibility index (Phi) is 4.41. The van der Waals surface area contributed by atoms with Gasteiger partial charge in [-0.05, 0) is 35.7 Å². The van der Waals surface area contributed by atoms with E-state index in [1.54, 1.807) is 31.3 Å². The SMILES string of the molecule is CN1C(=O)COc2c(NC(=O)/C=C/c3cc4ccccc4[nH]c3=O)cccc21. The zero-order valence-corrected chi connectivity index (χ0v) is 15.1. The number of aromatic nitrogens is 1. The lowest BCUT2D eigenvalue weighted by Gasteiger charge is -2.27. The quantitative estimate of drug-likeness (QED) is 0.688. The molecule has 1 aliphatic rings. The molecule has 1 aliphatic heterocycles. The molecule has 0 atom stereocenters. The number of rotatable bonds is 3. The first-order valence-electron chi connectivity index (χ1n) is 8.66. The summed E-state index contributed by atoms with van der Waals surface area (Å²) < 4.78 is 5.48. The number of nitrogens with one attached hydrogen (secondary N) is 2. The Balaban J connectivity index is 1.57. The first-order valence-corrected chi connectivity index (χ1v) is 8.66. The number of carbonyl (C=O) groups is 2. The fourth-order valence-electron chi connectivity index (χ4n) is 3.03. The molecule has 2 N–H and O–H groups in total. The predicted molar refractivity (Wildman–Crippen MR) is 108 cm³/mol. The van der Waals surface area contributed by atoms with Crippen molar-refractivity contribution in [2.75, 3.05) is 23.9 Å². The number of pyridine rings is 1. The number of carbonyl (C=O) groups excluding carboxylic acids is 2. The summed E-state index contributed by atoms with van der Waals surface area (Å²) in [6.07, 6.45) is 2.75. The summed E-state index contributed by atoms with van der Waals surface area (Å²) in [7, 11) is 1.65. The van der Waals surface area contributed by atoms with Gasteiger partial charge in [0.2, 0.25) is 5.91 Å². The van der Waals surface area contributed by atoms with E-state index in [0.29, 0.717) is 22.7 Å². The second-order valence-corrected chi connectivity index (χ2v) is 6.36. The number of amides is 2. The Morgan fingerprint density at radius 1 is 1.18 bits per heavy atom. The summed E-state index contributed by atoms with van der Waals surface area (Å²) in [5.41, 5.74) is 1.89. The zero-order valence-electron chi connectivity index (χ0n) is 15.1. The minimum absolute atomic E-state index is 0.0846. The van der Waals surface area contributed by atoms with Crippen LogP contribution in [0.5, 0.6) is 5.75 Å². The van der Waals surface area contributed by atoms with Gasteiger partial charge in [-0.2, -0.15) is 0 Å². The highest BCUT2D eigenvalue weighted by Crippen LogP contribution is 2.37. The number of para-hydroxylation sites is 2. The third-order valence-corrected chi connectivity index (χ3v) is 4.52. The van der Waals surface area contributed by atoms with Crippen molar-refractivity contribution in [2.24, 2.45) is 0 Å². The molecule has 0 saturated heterocycles. The third kappa shape index (κ3) is 3.25. The maximum Gasteiger partial charge on any atom is 0.264 e. The Labute approximate surface area is 160 Å². The number of aromatic amines is 1. The lowest BCUT2D eigenvalue weighted by Crippen LogP contribution is -2.35. The van der Waals surface area contributed by atoms with Gasteiger partial charge in [0.25, 0.3) is 11.5 Å². The largest absolute Gasteiger partial charge is 0.479 e. The number of anilines is 2. The van der Waals surface area contributed by atoms with E-state index in [-0.39, 0.29) is 18.1 Å². The minimum Gasteiger partial charge on any atom is -0.479 e. The molecule has 0 spiro atoms. The molecule has 0 bridgehead atoms. The highest BCUT2D eigenvalue weighted by molar-refractivity contribution is 6.05. The minimum atomic E-state index is -0.413. The van der Waals surface area contributed by atoms with Gasteiger partial charge in [0.05, 0.1) is 11.4 Å². The molecule has 0 aliphatic carbocycles. The highest BCUT2D eigenvalue weighted by atomic mass is 16.5. The van der Waals surface area contributed by atoms with Crippen LogP contribution in [0, 0.1) is 0 Å². The normalized spacial score (nSPS) is 13.5. The van der Waals surface area contributed by atoms with Crippen LogP contribution >= 0.6 is 0 Å². The number of likely N-dealkylation sites (N-methyl/N-ethyl adjacent to an activating group) is 1. The van der Waals surface area contributed by atoms with Crippen LogP contribution in [0.3, 0.4) is 0 Å². The van der Waals surface area contributed by atoms with Crippen molar-refractivity contribution in [3.63, 3.8) is 0 Å². The van der Waals surface area contributed by atoms with Gasteiger partial charge in [-0.1, -0.05) is 24.3 Å². The lowest BCUT2D eigenvalue weighted by atomic mass is 10.1. The number of hydrogen-bond donors (Lipinski definition) is 2. The van der Waals surface area contributed by atoms with Crippen LogP contribution in [0.1, 0.15) is 5.56 Å². The van der Waals surface area contributed by atoms with E-state index in [1.165, 1.54) is 17.1 Å². The molecule has 140 valence electrons. The van der Waals surface area contributed by atoms with E-state index in [2.05, 4.69) is 10.3 Å². The summed E-state index contributed by atoms with van der Waals surface area (Å²) in [5.74, 6) is -0.134. The third-order valence-electron chi connectivity index (χ3n) is 4.52. The molecule has 3 aromatic rings.